The standard InChI is InChI=1S/C19H20FN3O2/c1-2-25-12-11-23-16-10-6-4-8-14(16)17(22-18(21)19(23)24)13-7-3-5-9-15(13)20/h3-10,18H,2,11-12,21H2,1H3. The zero-order chi connectivity index (χ0) is 17.8. The van der Waals surface area contributed by atoms with Gasteiger partial charge in [-0.15, -0.1) is 0 Å². The van der Waals surface area contributed by atoms with Crippen LogP contribution in [0, 0.1) is 5.82 Å². The van der Waals surface area contributed by atoms with Gasteiger partial charge in [0.15, 0.2) is 6.17 Å². The summed E-state index contributed by atoms with van der Waals surface area (Å²) in [5.41, 5.74) is 8.02. The first-order valence-electron chi connectivity index (χ1n) is 8.20. The number of anilines is 1. The van der Waals surface area contributed by atoms with E-state index in [1.54, 1.807) is 23.1 Å². The summed E-state index contributed by atoms with van der Waals surface area (Å²) in [5.74, 6) is -0.739. The van der Waals surface area contributed by atoms with Crippen molar-refractivity contribution in [2.45, 2.75) is 13.1 Å². The molecule has 0 aromatic heterocycles. The van der Waals surface area contributed by atoms with E-state index in [-0.39, 0.29) is 5.91 Å². The second kappa shape index (κ2) is 7.55. The summed E-state index contributed by atoms with van der Waals surface area (Å²) in [6, 6.07) is 13.6. The van der Waals surface area contributed by atoms with Crippen LogP contribution in [0.5, 0.6) is 0 Å². The number of halogens is 1. The number of para-hydroxylation sites is 1. The number of hydrogen-bond donors (Lipinski definition) is 1. The van der Waals surface area contributed by atoms with Crippen LogP contribution in [0.2, 0.25) is 0 Å². The lowest BCUT2D eigenvalue weighted by molar-refractivity contribution is -0.119. The van der Waals surface area contributed by atoms with Gasteiger partial charge in [-0.2, -0.15) is 0 Å². The van der Waals surface area contributed by atoms with Crippen LogP contribution >= 0.6 is 0 Å². The summed E-state index contributed by atoms with van der Waals surface area (Å²) in [5, 5.41) is 0. The summed E-state index contributed by atoms with van der Waals surface area (Å²) in [6.07, 6.45) is -1.09. The Bertz CT molecular complexity index is 807. The number of rotatable bonds is 5. The molecule has 2 aromatic rings. The van der Waals surface area contributed by atoms with Gasteiger partial charge in [0.2, 0.25) is 0 Å². The highest BCUT2D eigenvalue weighted by atomic mass is 19.1. The van der Waals surface area contributed by atoms with Crippen molar-refractivity contribution in [3.05, 3.63) is 65.5 Å². The maximum absolute atomic E-state index is 14.3. The van der Waals surface area contributed by atoms with E-state index in [4.69, 9.17) is 10.5 Å². The fraction of sp³-hybridized carbons (Fsp3) is 0.263. The highest BCUT2D eigenvalue weighted by Gasteiger charge is 2.30. The number of aliphatic imine (C=N–C) groups is 1. The molecule has 6 heteroatoms. The highest BCUT2D eigenvalue weighted by Crippen LogP contribution is 2.28. The van der Waals surface area contributed by atoms with E-state index in [0.29, 0.717) is 42.3 Å². The van der Waals surface area contributed by atoms with Gasteiger partial charge in [-0.3, -0.25) is 9.79 Å². The average molecular weight is 341 g/mol. The van der Waals surface area contributed by atoms with Crippen molar-refractivity contribution in [1.82, 2.24) is 0 Å². The van der Waals surface area contributed by atoms with Crippen molar-refractivity contribution in [2.75, 3.05) is 24.7 Å². The molecule has 1 aliphatic heterocycles. The number of carbonyl (C=O) groups is 1. The molecule has 1 aliphatic rings. The molecule has 3 rings (SSSR count). The van der Waals surface area contributed by atoms with Crippen molar-refractivity contribution >= 4 is 17.3 Å². The molecule has 5 nitrogen and oxygen atoms in total. The number of fused-ring (bicyclic) bond motifs is 1. The van der Waals surface area contributed by atoms with Gasteiger partial charge < -0.3 is 15.4 Å². The summed E-state index contributed by atoms with van der Waals surface area (Å²) in [4.78, 5) is 18.6. The van der Waals surface area contributed by atoms with E-state index in [1.165, 1.54) is 6.07 Å². The lowest BCUT2D eigenvalue weighted by Gasteiger charge is -2.24. The van der Waals surface area contributed by atoms with Crippen LogP contribution < -0.4 is 10.6 Å². The largest absolute Gasteiger partial charge is 0.380 e. The Labute approximate surface area is 145 Å². The summed E-state index contributed by atoms with van der Waals surface area (Å²) in [6.45, 7) is 3.20. The molecule has 2 N–H and O–H groups in total. The molecule has 0 saturated carbocycles. The van der Waals surface area contributed by atoms with Crippen LogP contribution in [-0.2, 0) is 9.53 Å². The minimum atomic E-state index is -1.09. The van der Waals surface area contributed by atoms with Gasteiger partial charge in [0.1, 0.15) is 5.82 Å². The van der Waals surface area contributed by atoms with E-state index < -0.39 is 12.0 Å². The van der Waals surface area contributed by atoms with E-state index in [9.17, 15) is 9.18 Å². The zero-order valence-electron chi connectivity index (χ0n) is 14.0. The van der Waals surface area contributed by atoms with Gasteiger partial charge in [0.05, 0.1) is 18.0 Å². The van der Waals surface area contributed by atoms with E-state index in [0.717, 1.165) is 0 Å². The number of benzene rings is 2. The van der Waals surface area contributed by atoms with Gasteiger partial charge in [0, 0.05) is 24.3 Å². The fourth-order valence-electron chi connectivity index (χ4n) is 2.85. The lowest BCUT2D eigenvalue weighted by Crippen LogP contribution is -2.43. The summed E-state index contributed by atoms with van der Waals surface area (Å²) >= 11 is 0. The first-order chi connectivity index (χ1) is 12.1. The van der Waals surface area contributed by atoms with E-state index in [2.05, 4.69) is 4.99 Å². The lowest BCUT2D eigenvalue weighted by atomic mass is 10.00. The number of amides is 1. The molecule has 130 valence electrons. The third-order valence-electron chi connectivity index (χ3n) is 4.03. The highest BCUT2D eigenvalue weighted by molar-refractivity contribution is 6.20. The maximum Gasteiger partial charge on any atom is 0.266 e. The van der Waals surface area contributed by atoms with Gasteiger partial charge in [-0.1, -0.05) is 30.3 Å². The van der Waals surface area contributed by atoms with Crippen LogP contribution in [0.25, 0.3) is 0 Å². The third-order valence-corrected chi connectivity index (χ3v) is 4.03. The minimum absolute atomic E-state index is 0.324. The number of ether oxygens (including phenoxy) is 1. The smallest absolute Gasteiger partial charge is 0.266 e. The first kappa shape index (κ1) is 17.3. The maximum atomic E-state index is 14.3. The Morgan fingerprint density at radius 3 is 2.56 bits per heavy atom. The molecule has 1 atom stereocenters. The first-order valence-corrected chi connectivity index (χ1v) is 8.20. The molecule has 0 radical (unpaired) electrons. The minimum Gasteiger partial charge on any atom is -0.380 e. The second-order valence-corrected chi connectivity index (χ2v) is 5.61. The van der Waals surface area contributed by atoms with Crippen LogP contribution in [0.4, 0.5) is 10.1 Å². The predicted octanol–water partition coefficient (Wildman–Crippen LogP) is 2.33. The molecule has 1 amide bonds. The molecule has 1 heterocycles. The van der Waals surface area contributed by atoms with Crippen molar-refractivity contribution < 1.29 is 13.9 Å². The molecular formula is C19H20FN3O2. The molecule has 2 aromatic carbocycles. The Balaban J connectivity index is 2.11. The van der Waals surface area contributed by atoms with E-state index >= 15 is 0 Å². The van der Waals surface area contributed by atoms with Crippen molar-refractivity contribution in [1.29, 1.82) is 0 Å². The van der Waals surface area contributed by atoms with Gasteiger partial charge >= 0.3 is 0 Å². The number of nitrogens with zero attached hydrogens (tertiary/aromatic N) is 2. The van der Waals surface area contributed by atoms with Crippen molar-refractivity contribution in [2.24, 2.45) is 10.7 Å². The number of nitrogens with two attached hydrogens (primary N) is 1. The fourth-order valence-corrected chi connectivity index (χ4v) is 2.85. The number of benzodiazepines with no additional fused rings is 1. The Hall–Kier alpha value is -2.57. The quantitative estimate of drug-likeness (QED) is 0.849. The third kappa shape index (κ3) is 3.45. The normalized spacial score (nSPS) is 17.1. The van der Waals surface area contributed by atoms with Crippen LogP contribution in [0.1, 0.15) is 18.1 Å². The number of hydrogen-bond acceptors (Lipinski definition) is 4. The van der Waals surface area contributed by atoms with Crippen molar-refractivity contribution in [3.63, 3.8) is 0 Å². The second-order valence-electron chi connectivity index (χ2n) is 5.61. The monoisotopic (exact) mass is 341 g/mol. The topological polar surface area (TPSA) is 67.9 Å². The molecule has 1 unspecified atom stereocenters. The molecular weight excluding hydrogens is 321 g/mol. The molecule has 0 fully saturated rings. The van der Waals surface area contributed by atoms with Gasteiger partial charge in [0.25, 0.3) is 5.91 Å². The van der Waals surface area contributed by atoms with Crippen LogP contribution in [0.3, 0.4) is 0 Å². The molecule has 0 aliphatic carbocycles. The Morgan fingerprint density at radius 2 is 1.84 bits per heavy atom. The molecule has 0 spiro atoms. The van der Waals surface area contributed by atoms with E-state index in [1.807, 2.05) is 31.2 Å². The zero-order valence-corrected chi connectivity index (χ0v) is 14.0. The molecule has 25 heavy (non-hydrogen) atoms. The van der Waals surface area contributed by atoms with Gasteiger partial charge in [-0.25, -0.2) is 4.39 Å². The average Bonchev–Trinajstić information content (AvgIpc) is 2.73. The predicted molar refractivity (Wildman–Crippen MR) is 95.3 cm³/mol. The number of carbonyl (C=O) groups excluding carboxylic acids is 1. The molecule has 0 bridgehead atoms. The summed E-state index contributed by atoms with van der Waals surface area (Å²) in [7, 11) is 0. The van der Waals surface area contributed by atoms with Crippen LogP contribution in [0.15, 0.2) is 53.5 Å². The SMILES string of the molecule is CCOCCN1C(=O)C(N)N=C(c2ccccc2F)c2ccccc21. The van der Waals surface area contributed by atoms with Crippen molar-refractivity contribution in [3.8, 4) is 0 Å². The Morgan fingerprint density at radius 1 is 1.16 bits per heavy atom. The molecule has 0 saturated heterocycles. The summed E-state index contributed by atoms with van der Waals surface area (Å²) < 4.78 is 19.7. The van der Waals surface area contributed by atoms with Gasteiger partial charge in [-0.05, 0) is 25.1 Å². The Kier molecular flexibility index (Phi) is 5.21. The van der Waals surface area contributed by atoms with Crippen LogP contribution in [-0.4, -0.2) is 37.5 Å².